The van der Waals surface area contributed by atoms with Gasteiger partial charge >= 0.3 is 0 Å². The molecule has 0 saturated heterocycles. The van der Waals surface area contributed by atoms with Crippen LogP contribution >= 0.6 is 0 Å². The number of nitrogens with one attached hydrogen (secondary N) is 1. The molecule has 0 bridgehead atoms. The zero-order valence-electron chi connectivity index (χ0n) is 11.9. The van der Waals surface area contributed by atoms with Crippen LogP contribution in [0.2, 0.25) is 0 Å². The Balaban J connectivity index is 2.99. The number of carbonyl (C=O) groups excluding carboxylic acids is 1. The lowest BCUT2D eigenvalue weighted by Crippen LogP contribution is -2.29. The lowest BCUT2D eigenvalue weighted by atomic mass is 9.91. The lowest BCUT2D eigenvalue weighted by molar-refractivity contribution is -0.116. The van der Waals surface area contributed by atoms with Gasteiger partial charge in [0, 0.05) is 12.6 Å². The summed E-state index contributed by atoms with van der Waals surface area (Å²) in [5, 5.41) is 2.78. The first-order valence-electron chi connectivity index (χ1n) is 6.59. The molecular formula is C16H22N2O. The molecule has 0 saturated carbocycles. The van der Waals surface area contributed by atoms with E-state index in [9.17, 15) is 4.79 Å². The Morgan fingerprint density at radius 2 is 2.16 bits per heavy atom. The maximum atomic E-state index is 11.3. The van der Waals surface area contributed by atoms with Gasteiger partial charge in [0.25, 0.3) is 0 Å². The largest absolute Gasteiger partial charge is 0.347 e. The van der Waals surface area contributed by atoms with E-state index in [-0.39, 0.29) is 5.91 Å². The van der Waals surface area contributed by atoms with Gasteiger partial charge in [0.05, 0.1) is 12.3 Å². The molecule has 1 atom stereocenters. The van der Waals surface area contributed by atoms with Gasteiger partial charge in [-0.2, -0.15) is 0 Å². The number of rotatable bonds is 6. The lowest BCUT2D eigenvalue weighted by Gasteiger charge is -2.16. The van der Waals surface area contributed by atoms with Crippen LogP contribution in [0, 0.1) is 0 Å². The van der Waals surface area contributed by atoms with Gasteiger partial charge in [-0.05, 0) is 24.0 Å². The van der Waals surface area contributed by atoms with Crippen molar-refractivity contribution in [3.05, 3.63) is 48.0 Å². The molecule has 0 fully saturated rings. The molecule has 102 valence electrons. The smallest absolute Gasteiger partial charge is 0.243 e. The van der Waals surface area contributed by atoms with Crippen molar-refractivity contribution in [2.45, 2.75) is 26.2 Å². The van der Waals surface area contributed by atoms with Crippen LogP contribution in [0.5, 0.6) is 0 Å². The highest BCUT2D eigenvalue weighted by atomic mass is 16.1. The summed E-state index contributed by atoms with van der Waals surface area (Å²) in [5.74, 6) is 0.297. The predicted molar refractivity (Wildman–Crippen MR) is 80.8 cm³/mol. The molecule has 1 rings (SSSR count). The van der Waals surface area contributed by atoms with Crippen LogP contribution in [0.25, 0.3) is 0 Å². The van der Waals surface area contributed by atoms with Crippen LogP contribution in [0.3, 0.4) is 0 Å². The van der Waals surface area contributed by atoms with Crippen LogP contribution in [0.1, 0.15) is 37.3 Å². The Labute approximate surface area is 115 Å². The van der Waals surface area contributed by atoms with E-state index in [4.69, 9.17) is 0 Å². The average molecular weight is 258 g/mol. The Kier molecular flexibility index (Phi) is 6.00. The van der Waals surface area contributed by atoms with Gasteiger partial charge in [0.15, 0.2) is 0 Å². The van der Waals surface area contributed by atoms with Crippen molar-refractivity contribution in [2.24, 2.45) is 4.99 Å². The van der Waals surface area contributed by atoms with Gasteiger partial charge in [-0.25, -0.2) is 0 Å². The Morgan fingerprint density at radius 1 is 1.47 bits per heavy atom. The molecule has 1 N–H and O–H groups in total. The van der Waals surface area contributed by atoms with Crippen LogP contribution < -0.4 is 5.32 Å². The van der Waals surface area contributed by atoms with Gasteiger partial charge in [0.1, 0.15) is 0 Å². The molecule has 1 unspecified atom stereocenters. The molecule has 3 heteroatoms. The van der Waals surface area contributed by atoms with Gasteiger partial charge < -0.3 is 5.32 Å². The van der Waals surface area contributed by atoms with Crippen molar-refractivity contribution in [3.63, 3.8) is 0 Å². The molecule has 0 radical (unpaired) electrons. The van der Waals surface area contributed by atoms with Crippen LogP contribution in [-0.2, 0) is 4.79 Å². The molecule has 0 spiro atoms. The van der Waals surface area contributed by atoms with Crippen LogP contribution in [0.4, 0.5) is 0 Å². The van der Waals surface area contributed by atoms with Crippen LogP contribution in [0.15, 0.2) is 41.9 Å². The van der Waals surface area contributed by atoms with Crippen molar-refractivity contribution < 1.29 is 4.79 Å². The second-order valence-corrected chi connectivity index (χ2v) is 4.49. The third kappa shape index (κ3) is 4.05. The van der Waals surface area contributed by atoms with E-state index in [0.717, 1.165) is 17.7 Å². The van der Waals surface area contributed by atoms with Gasteiger partial charge in [-0.3, -0.25) is 9.79 Å². The minimum atomic E-state index is -0.179. The second kappa shape index (κ2) is 7.52. The zero-order chi connectivity index (χ0) is 14.3. The number of carbonyl (C=O) groups is 1. The SMILES string of the molecule is C=CC(=O)NCC(=NC)c1ccccc1C(C)CC. The number of aliphatic imine (C=N–C) groups is 1. The topological polar surface area (TPSA) is 41.5 Å². The molecule has 0 aliphatic heterocycles. The van der Waals surface area contributed by atoms with E-state index in [0.29, 0.717) is 12.5 Å². The fourth-order valence-corrected chi connectivity index (χ4v) is 1.95. The summed E-state index contributed by atoms with van der Waals surface area (Å²) < 4.78 is 0. The molecule has 0 aliphatic carbocycles. The van der Waals surface area contributed by atoms with Crippen molar-refractivity contribution in [2.75, 3.05) is 13.6 Å². The molecule has 0 aliphatic rings. The van der Waals surface area contributed by atoms with E-state index in [1.807, 2.05) is 12.1 Å². The predicted octanol–water partition coefficient (Wildman–Crippen LogP) is 2.92. The summed E-state index contributed by atoms with van der Waals surface area (Å²) in [6, 6.07) is 8.23. The van der Waals surface area contributed by atoms with Gasteiger partial charge in [-0.15, -0.1) is 0 Å². The molecule has 19 heavy (non-hydrogen) atoms. The first kappa shape index (κ1) is 15.2. The van der Waals surface area contributed by atoms with Crippen molar-refractivity contribution in [3.8, 4) is 0 Å². The van der Waals surface area contributed by atoms with Crippen LogP contribution in [-0.4, -0.2) is 25.2 Å². The highest BCUT2D eigenvalue weighted by Crippen LogP contribution is 2.23. The van der Waals surface area contributed by atoms with E-state index >= 15 is 0 Å². The van der Waals surface area contributed by atoms with Crippen molar-refractivity contribution in [1.29, 1.82) is 0 Å². The molecule has 3 nitrogen and oxygen atoms in total. The van der Waals surface area contributed by atoms with E-state index in [1.165, 1.54) is 11.6 Å². The Morgan fingerprint density at radius 3 is 2.74 bits per heavy atom. The minimum Gasteiger partial charge on any atom is -0.347 e. The third-order valence-corrected chi connectivity index (χ3v) is 3.30. The number of hydrogen-bond acceptors (Lipinski definition) is 2. The van der Waals surface area contributed by atoms with Gasteiger partial charge in [0.2, 0.25) is 5.91 Å². The Bertz CT molecular complexity index is 477. The zero-order valence-corrected chi connectivity index (χ0v) is 11.9. The summed E-state index contributed by atoms with van der Waals surface area (Å²) in [7, 11) is 1.75. The molecule has 1 aromatic rings. The first-order valence-corrected chi connectivity index (χ1v) is 6.59. The number of amides is 1. The fourth-order valence-electron chi connectivity index (χ4n) is 1.95. The third-order valence-electron chi connectivity index (χ3n) is 3.30. The fraction of sp³-hybridized carbons (Fsp3) is 0.375. The molecule has 0 aromatic heterocycles. The standard InChI is InChI=1S/C16H22N2O/c1-5-12(3)13-9-7-8-10-14(13)15(17-4)11-18-16(19)6-2/h6-10,12H,2,5,11H2,1,3-4H3,(H,18,19). The molecule has 1 aromatic carbocycles. The monoisotopic (exact) mass is 258 g/mol. The summed E-state index contributed by atoms with van der Waals surface area (Å²) in [6.07, 6.45) is 2.35. The maximum Gasteiger partial charge on any atom is 0.243 e. The summed E-state index contributed by atoms with van der Waals surface area (Å²) in [6.45, 7) is 8.24. The summed E-state index contributed by atoms with van der Waals surface area (Å²) >= 11 is 0. The van der Waals surface area contributed by atoms with E-state index < -0.39 is 0 Å². The average Bonchev–Trinajstić information content (AvgIpc) is 2.47. The molecule has 0 heterocycles. The van der Waals surface area contributed by atoms with Crippen molar-refractivity contribution >= 4 is 11.6 Å². The second-order valence-electron chi connectivity index (χ2n) is 4.49. The van der Waals surface area contributed by atoms with Crippen molar-refractivity contribution in [1.82, 2.24) is 5.32 Å². The summed E-state index contributed by atoms with van der Waals surface area (Å²) in [4.78, 5) is 15.6. The number of nitrogens with zero attached hydrogens (tertiary/aromatic N) is 1. The molecular weight excluding hydrogens is 236 g/mol. The highest BCUT2D eigenvalue weighted by molar-refractivity contribution is 6.05. The maximum absolute atomic E-state index is 11.3. The summed E-state index contributed by atoms with van der Waals surface area (Å²) in [5.41, 5.74) is 3.29. The Hall–Kier alpha value is -1.90. The number of hydrogen-bond donors (Lipinski definition) is 1. The van der Waals surface area contributed by atoms with Gasteiger partial charge in [-0.1, -0.05) is 44.7 Å². The quantitative estimate of drug-likeness (QED) is 0.618. The van der Waals surface area contributed by atoms with E-state index in [1.54, 1.807) is 7.05 Å². The number of benzene rings is 1. The van der Waals surface area contributed by atoms with E-state index in [2.05, 4.69) is 42.9 Å². The highest BCUT2D eigenvalue weighted by Gasteiger charge is 2.13. The minimum absolute atomic E-state index is 0.179. The molecule has 1 amide bonds. The first-order chi connectivity index (χ1) is 9.13. The normalized spacial score (nSPS) is 12.9.